The summed E-state index contributed by atoms with van der Waals surface area (Å²) in [5.41, 5.74) is 0. The number of hydrogen-bond acceptors (Lipinski definition) is 4. The molecule has 1 N–H and O–H groups in total. The fraction of sp³-hybridized carbons (Fsp3) is 0.571. The number of halogens is 1. The van der Waals surface area contributed by atoms with Crippen molar-refractivity contribution in [2.24, 2.45) is 0 Å². The van der Waals surface area contributed by atoms with Crippen molar-refractivity contribution in [3.8, 4) is 0 Å². The van der Waals surface area contributed by atoms with Gasteiger partial charge in [0, 0.05) is 24.7 Å². The van der Waals surface area contributed by atoms with Crippen molar-refractivity contribution in [2.75, 3.05) is 11.9 Å². The Morgan fingerprint density at radius 1 is 1.69 bits per heavy atom. The quantitative estimate of drug-likeness (QED) is 0.771. The fourth-order valence-electron chi connectivity index (χ4n) is 0.789. The van der Waals surface area contributed by atoms with Crippen molar-refractivity contribution in [3.63, 3.8) is 0 Å². The summed E-state index contributed by atoms with van der Waals surface area (Å²) in [6.45, 7) is 0.536. The lowest BCUT2D eigenvalue weighted by atomic mass is 10.4. The topological polar surface area (TPSA) is 68.0 Å². The molecule has 5 nitrogen and oxygen atoms in total. The number of amides is 1. The van der Waals surface area contributed by atoms with Gasteiger partial charge in [-0.2, -0.15) is 4.98 Å². The van der Waals surface area contributed by atoms with Crippen molar-refractivity contribution in [1.29, 1.82) is 0 Å². The average molecular weight is 248 g/mol. The number of alkyl halides is 1. The zero-order valence-corrected chi connectivity index (χ0v) is 8.58. The van der Waals surface area contributed by atoms with Crippen LogP contribution in [-0.2, 0) is 11.2 Å². The molecule has 13 heavy (non-hydrogen) atoms. The first kappa shape index (κ1) is 10.2. The molecule has 72 valence electrons. The zero-order valence-electron chi connectivity index (χ0n) is 6.99. The van der Waals surface area contributed by atoms with Gasteiger partial charge < -0.3 is 9.84 Å². The van der Waals surface area contributed by atoms with Gasteiger partial charge in [-0.1, -0.05) is 21.1 Å². The summed E-state index contributed by atoms with van der Waals surface area (Å²) in [6.07, 6.45) is 2.41. The van der Waals surface area contributed by atoms with E-state index in [0.29, 0.717) is 30.6 Å². The molecule has 0 unspecified atom stereocenters. The Kier molecular flexibility index (Phi) is 4.45. The molecule has 0 saturated carbocycles. The maximum absolute atomic E-state index is 11.0. The summed E-state index contributed by atoms with van der Waals surface area (Å²) in [6, 6.07) is 0. The number of carbonyl (C=O) groups is 1. The van der Waals surface area contributed by atoms with Crippen molar-refractivity contribution < 1.29 is 9.32 Å². The molecule has 0 atom stereocenters. The van der Waals surface area contributed by atoms with Crippen LogP contribution in [0.25, 0.3) is 0 Å². The second-order valence-electron chi connectivity index (χ2n) is 2.37. The number of aromatic nitrogens is 2. The molecule has 0 aromatic carbocycles. The first-order valence-corrected chi connectivity index (χ1v) is 5.03. The van der Waals surface area contributed by atoms with E-state index in [9.17, 15) is 4.79 Å². The highest BCUT2D eigenvalue weighted by Gasteiger charge is 2.01. The van der Waals surface area contributed by atoms with Crippen LogP contribution in [0.3, 0.4) is 0 Å². The van der Waals surface area contributed by atoms with Gasteiger partial charge in [0.05, 0.1) is 0 Å². The van der Waals surface area contributed by atoms with Crippen LogP contribution in [0.1, 0.15) is 12.3 Å². The second kappa shape index (κ2) is 5.69. The predicted octanol–water partition coefficient (Wildman–Crippen LogP) is 0.513. The SMILES string of the molecule is O=C(CCBr)NCCc1ncno1. The summed E-state index contributed by atoms with van der Waals surface area (Å²) in [5, 5.41) is 6.86. The van der Waals surface area contributed by atoms with E-state index in [4.69, 9.17) is 4.52 Å². The molecule has 1 heterocycles. The Balaban J connectivity index is 2.11. The van der Waals surface area contributed by atoms with E-state index in [1.807, 2.05) is 0 Å². The van der Waals surface area contributed by atoms with Crippen molar-refractivity contribution in [1.82, 2.24) is 15.5 Å². The molecule has 0 fully saturated rings. The number of nitrogens with one attached hydrogen (secondary N) is 1. The van der Waals surface area contributed by atoms with Gasteiger partial charge in [-0.25, -0.2) is 0 Å². The first-order chi connectivity index (χ1) is 6.33. The van der Waals surface area contributed by atoms with Crippen LogP contribution >= 0.6 is 15.9 Å². The molecular weight excluding hydrogens is 238 g/mol. The van der Waals surface area contributed by atoms with E-state index < -0.39 is 0 Å². The Bertz CT molecular complexity index is 250. The molecule has 0 aliphatic heterocycles. The maximum Gasteiger partial charge on any atom is 0.228 e. The van der Waals surface area contributed by atoms with E-state index in [0.717, 1.165) is 0 Å². The predicted molar refractivity (Wildman–Crippen MR) is 49.4 cm³/mol. The largest absolute Gasteiger partial charge is 0.356 e. The van der Waals surface area contributed by atoms with Crippen LogP contribution in [0, 0.1) is 0 Å². The number of rotatable bonds is 5. The molecular formula is C7H10BrN3O2. The summed E-state index contributed by atoms with van der Waals surface area (Å²) in [4.78, 5) is 14.8. The van der Waals surface area contributed by atoms with Crippen molar-refractivity contribution in [2.45, 2.75) is 12.8 Å². The lowest BCUT2D eigenvalue weighted by molar-refractivity contribution is -0.120. The molecule has 6 heteroatoms. The van der Waals surface area contributed by atoms with Gasteiger partial charge >= 0.3 is 0 Å². The molecule has 0 aliphatic rings. The molecule has 1 aromatic rings. The van der Waals surface area contributed by atoms with Crippen molar-refractivity contribution >= 4 is 21.8 Å². The van der Waals surface area contributed by atoms with Crippen LogP contribution in [0.5, 0.6) is 0 Å². The van der Waals surface area contributed by atoms with Gasteiger partial charge in [0.1, 0.15) is 0 Å². The molecule has 0 spiro atoms. The Morgan fingerprint density at radius 2 is 2.54 bits per heavy atom. The highest BCUT2D eigenvalue weighted by molar-refractivity contribution is 9.09. The van der Waals surface area contributed by atoms with E-state index in [2.05, 4.69) is 31.4 Å². The van der Waals surface area contributed by atoms with Crippen LogP contribution in [0.2, 0.25) is 0 Å². The highest BCUT2D eigenvalue weighted by Crippen LogP contribution is 1.91. The monoisotopic (exact) mass is 247 g/mol. The van der Waals surface area contributed by atoms with Crippen LogP contribution < -0.4 is 5.32 Å². The van der Waals surface area contributed by atoms with E-state index in [1.54, 1.807) is 0 Å². The standard InChI is InChI=1S/C7H10BrN3O2/c8-3-1-6(12)9-4-2-7-10-5-11-13-7/h5H,1-4H2,(H,9,12). The number of hydrogen-bond donors (Lipinski definition) is 1. The fourth-order valence-corrected chi connectivity index (χ4v) is 1.15. The van der Waals surface area contributed by atoms with Gasteiger partial charge in [0.15, 0.2) is 6.33 Å². The first-order valence-electron chi connectivity index (χ1n) is 3.91. The van der Waals surface area contributed by atoms with Crippen LogP contribution in [0.4, 0.5) is 0 Å². The summed E-state index contributed by atoms with van der Waals surface area (Å²) in [7, 11) is 0. The Morgan fingerprint density at radius 3 is 3.15 bits per heavy atom. The minimum Gasteiger partial charge on any atom is -0.356 e. The smallest absolute Gasteiger partial charge is 0.228 e. The van der Waals surface area contributed by atoms with E-state index >= 15 is 0 Å². The number of nitrogens with zero attached hydrogens (tertiary/aromatic N) is 2. The average Bonchev–Trinajstić information content (AvgIpc) is 2.57. The van der Waals surface area contributed by atoms with E-state index in [1.165, 1.54) is 6.33 Å². The molecule has 1 amide bonds. The van der Waals surface area contributed by atoms with Gasteiger partial charge in [0.25, 0.3) is 0 Å². The Hall–Kier alpha value is -0.910. The van der Waals surface area contributed by atoms with Crippen molar-refractivity contribution in [3.05, 3.63) is 12.2 Å². The summed E-state index contributed by atoms with van der Waals surface area (Å²) >= 11 is 3.18. The molecule has 0 radical (unpaired) electrons. The maximum atomic E-state index is 11.0. The lowest BCUT2D eigenvalue weighted by Gasteiger charge is -2.00. The summed E-state index contributed by atoms with van der Waals surface area (Å²) < 4.78 is 4.75. The molecule has 0 bridgehead atoms. The van der Waals surface area contributed by atoms with Gasteiger partial charge in [-0.05, 0) is 0 Å². The lowest BCUT2D eigenvalue weighted by Crippen LogP contribution is -2.25. The van der Waals surface area contributed by atoms with E-state index in [-0.39, 0.29) is 5.91 Å². The molecule has 0 saturated heterocycles. The third-order valence-electron chi connectivity index (χ3n) is 1.39. The van der Waals surface area contributed by atoms with Crippen LogP contribution in [-0.4, -0.2) is 27.9 Å². The molecule has 1 rings (SSSR count). The zero-order chi connectivity index (χ0) is 9.52. The normalized spacial score (nSPS) is 9.92. The van der Waals surface area contributed by atoms with Crippen LogP contribution in [0.15, 0.2) is 10.9 Å². The number of carbonyl (C=O) groups excluding carboxylic acids is 1. The summed E-state index contributed by atoms with van der Waals surface area (Å²) in [5.74, 6) is 0.565. The third kappa shape index (κ3) is 4.02. The van der Waals surface area contributed by atoms with Gasteiger partial charge in [-0.15, -0.1) is 0 Å². The second-order valence-corrected chi connectivity index (χ2v) is 3.17. The Labute approximate surface area is 84.0 Å². The third-order valence-corrected chi connectivity index (χ3v) is 1.79. The van der Waals surface area contributed by atoms with Gasteiger partial charge in [-0.3, -0.25) is 4.79 Å². The molecule has 1 aromatic heterocycles. The minimum absolute atomic E-state index is 0.0244. The highest BCUT2D eigenvalue weighted by atomic mass is 79.9. The molecule has 0 aliphatic carbocycles. The minimum atomic E-state index is 0.0244. The van der Waals surface area contributed by atoms with Gasteiger partial charge in [0.2, 0.25) is 11.8 Å².